The fourth-order valence-electron chi connectivity index (χ4n) is 4.53. The fraction of sp³-hybridized carbons (Fsp3) is 0.118. The third-order valence-electron chi connectivity index (χ3n) is 6.76. The number of hydrogen-bond donors (Lipinski definition) is 1. The van der Waals surface area contributed by atoms with Gasteiger partial charge in [0, 0.05) is 16.8 Å². The molecule has 0 saturated carbocycles. The molecule has 41 heavy (non-hydrogen) atoms. The molecule has 1 aromatic heterocycles. The number of rotatable bonds is 9. The van der Waals surface area contributed by atoms with Gasteiger partial charge in [-0.15, -0.1) is 0 Å². The van der Waals surface area contributed by atoms with Gasteiger partial charge in [0.1, 0.15) is 11.4 Å². The lowest BCUT2D eigenvalue weighted by molar-refractivity contribution is -0.112. The molecule has 0 aliphatic carbocycles. The van der Waals surface area contributed by atoms with Gasteiger partial charge in [-0.3, -0.25) is 19.1 Å². The quantitative estimate of drug-likeness (QED) is 0.175. The number of benzene rings is 4. The molecule has 4 aromatic carbocycles. The van der Waals surface area contributed by atoms with Crippen molar-refractivity contribution in [2.45, 2.75) is 20.4 Å². The molecule has 1 amide bonds. The van der Waals surface area contributed by atoms with Crippen molar-refractivity contribution >= 4 is 23.2 Å². The number of nitrogens with zero attached hydrogens (tertiary/aromatic N) is 2. The van der Waals surface area contributed by atoms with Crippen molar-refractivity contribution in [3.8, 4) is 17.0 Å². The van der Waals surface area contributed by atoms with E-state index in [1.807, 2.05) is 80.6 Å². The van der Waals surface area contributed by atoms with Crippen LogP contribution in [0.5, 0.6) is 5.75 Å². The van der Waals surface area contributed by atoms with Crippen LogP contribution in [-0.2, 0) is 11.3 Å². The molecule has 0 fully saturated rings. The Bertz CT molecular complexity index is 1700. The predicted molar refractivity (Wildman–Crippen MR) is 159 cm³/mol. The average molecular weight is 544 g/mol. The van der Waals surface area contributed by atoms with Crippen LogP contribution in [0.15, 0.2) is 103 Å². The zero-order valence-corrected chi connectivity index (χ0v) is 23.0. The van der Waals surface area contributed by atoms with Crippen LogP contribution in [0.2, 0.25) is 0 Å². The van der Waals surface area contributed by atoms with Gasteiger partial charge in [-0.1, -0.05) is 90.0 Å². The Morgan fingerprint density at radius 2 is 1.39 bits per heavy atom. The van der Waals surface area contributed by atoms with Crippen LogP contribution in [0.25, 0.3) is 11.3 Å². The molecule has 5 rings (SSSR count). The summed E-state index contributed by atoms with van der Waals surface area (Å²) in [5, 5.41) is 7.35. The third kappa shape index (κ3) is 5.99. The highest BCUT2D eigenvalue weighted by Crippen LogP contribution is 2.30. The minimum Gasteiger partial charge on any atom is -0.497 e. The van der Waals surface area contributed by atoms with E-state index in [9.17, 15) is 14.4 Å². The van der Waals surface area contributed by atoms with Gasteiger partial charge >= 0.3 is 0 Å². The molecule has 204 valence electrons. The zero-order chi connectivity index (χ0) is 28.9. The normalized spacial score (nSPS) is 10.7. The molecule has 1 heterocycles. The Morgan fingerprint density at radius 3 is 2.00 bits per heavy atom. The monoisotopic (exact) mass is 543 g/mol. The summed E-state index contributed by atoms with van der Waals surface area (Å²) in [7, 11) is 1.55. The van der Waals surface area contributed by atoms with Crippen LogP contribution in [-0.4, -0.2) is 34.4 Å². The van der Waals surface area contributed by atoms with E-state index in [-0.39, 0.29) is 11.3 Å². The minimum absolute atomic E-state index is 0.0404. The van der Waals surface area contributed by atoms with Crippen molar-refractivity contribution < 1.29 is 19.1 Å². The van der Waals surface area contributed by atoms with Crippen LogP contribution in [0.1, 0.15) is 43.1 Å². The number of Topliss-reactive ketones (excluding diaryl/α,β-unsaturated/α-hetero) is 1. The maximum absolute atomic E-state index is 14.0. The zero-order valence-electron chi connectivity index (χ0n) is 23.0. The van der Waals surface area contributed by atoms with Gasteiger partial charge < -0.3 is 10.1 Å². The standard InChI is InChI=1S/C34H29N3O4/c1-22-9-13-25(14-10-22)31-29(33(39)34(40)35-27-17-19-28(41-3)20-18-27)30(32(38)26-15-11-23(2)12-16-26)36-37(31)21-24-7-5-4-6-8-24/h4-20H,21H2,1-3H3,(H,35,40). The van der Waals surface area contributed by atoms with E-state index < -0.39 is 17.5 Å². The molecule has 0 spiro atoms. The number of ketones is 2. The van der Waals surface area contributed by atoms with Gasteiger partial charge in [0.05, 0.1) is 24.9 Å². The summed E-state index contributed by atoms with van der Waals surface area (Å²) in [4.78, 5) is 41.2. The minimum atomic E-state index is -0.874. The molecular formula is C34H29N3O4. The van der Waals surface area contributed by atoms with Crippen LogP contribution < -0.4 is 10.1 Å². The molecule has 0 bridgehead atoms. The number of anilines is 1. The Hall–Kier alpha value is -5.30. The third-order valence-corrected chi connectivity index (χ3v) is 6.76. The van der Waals surface area contributed by atoms with Gasteiger partial charge in [-0.05, 0) is 43.7 Å². The second-order valence-corrected chi connectivity index (χ2v) is 9.79. The molecule has 0 aliphatic rings. The molecule has 7 nitrogen and oxygen atoms in total. The lowest BCUT2D eigenvalue weighted by Crippen LogP contribution is -2.25. The Morgan fingerprint density at radius 1 is 0.780 bits per heavy atom. The molecule has 0 atom stereocenters. The molecule has 0 radical (unpaired) electrons. The highest BCUT2D eigenvalue weighted by atomic mass is 16.5. The lowest BCUT2D eigenvalue weighted by atomic mass is 9.96. The van der Waals surface area contributed by atoms with Crippen LogP contribution in [0.3, 0.4) is 0 Å². The summed E-state index contributed by atoms with van der Waals surface area (Å²) in [5.41, 5.74) is 4.71. The van der Waals surface area contributed by atoms with Crippen LogP contribution in [0.4, 0.5) is 5.69 Å². The summed E-state index contributed by atoms with van der Waals surface area (Å²) in [6.45, 7) is 4.19. The van der Waals surface area contributed by atoms with Crippen molar-refractivity contribution in [1.29, 1.82) is 0 Å². The van der Waals surface area contributed by atoms with Crippen molar-refractivity contribution in [3.63, 3.8) is 0 Å². The molecule has 0 saturated heterocycles. The molecule has 7 heteroatoms. The van der Waals surface area contributed by atoms with Crippen molar-refractivity contribution in [2.75, 3.05) is 12.4 Å². The molecular weight excluding hydrogens is 514 g/mol. The first-order valence-electron chi connectivity index (χ1n) is 13.2. The number of carbonyl (C=O) groups excluding carboxylic acids is 3. The summed E-state index contributed by atoms with van der Waals surface area (Å²) in [6, 6.07) is 30.9. The number of aromatic nitrogens is 2. The largest absolute Gasteiger partial charge is 0.497 e. The summed E-state index contributed by atoms with van der Waals surface area (Å²) in [6.07, 6.45) is 0. The van der Waals surface area contributed by atoms with E-state index in [2.05, 4.69) is 10.4 Å². The van der Waals surface area contributed by atoms with E-state index >= 15 is 0 Å². The first-order valence-corrected chi connectivity index (χ1v) is 13.2. The maximum atomic E-state index is 14.0. The summed E-state index contributed by atoms with van der Waals surface area (Å²) < 4.78 is 6.81. The predicted octanol–water partition coefficient (Wildman–Crippen LogP) is 6.28. The maximum Gasteiger partial charge on any atom is 0.296 e. The van der Waals surface area contributed by atoms with Gasteiger partial charge in [-0.25, -0.2) is 0 Å². The first kappa shape index (κ1) is 27.3. The highest BCUT2D eigenvalue weighted by Gasteiger charge is 2.33. The molecule has 5 aromatic rings. The van der Waals surface area contributed by atoms with E-state index in [1.165, 1.54) is 0 Å². The SMILES string of the molecule is COc1ccc(NC(=O)C(=O)c2c(C(=O)c3ccc(C)cc3)nn(Cc3ccccc3)c2-c2ccc(C)cc2)cc1. The van der Waals surface area contributed by atoms with Crippen LogP contribution >= 0.6 is 0 Å². The van der Waals surface area contributed by atoms with Gasteiger partial charge in [0.25, 0.3) is 11.7 Å². The fourth-order valence-corrected chi connectivity index (χ4v) is 4.53. The number of aryl methyl sites for hydroxylation is 2. The van der Waals surface area contributed by atoms with Crippen molar-refractivity contribution in [1.82, 2.24) is 9.78 Å². The summed E-state index contributed by atoms with van der Waals surface area (Å²) >= 11 is 0. The van der Waals surface area contributed by atoms with Crippen LogP contribution in [0, 0.1) is 13.8 Å². The number of hydrogen-bond acceptors (Lipinski definition) is 5. The number of methoxy groups -OCH3 is 1. The van der Waals surface area contributed by atoms with Gasteiger partial charge in [-0.2, -0.15) is 5.10 Å². The number of ether oxygens (including phenoxy) is 1. The van der Waals surface area contributed by atoms with E-state index in [1.54, 1.807) is 48.2 Å². The molecule has 1 N–H and O–H groups in total. The smallest absolute Gasteiger partial charge is 0.296 e. The second kappa shape index (κ2) is 11.8. The van der Waals surface area contributed by atoms with E-state index in [4.69, 9.17) is 4.74 Å². The van der Waals surface area contributed by atoms with E-state index in [0.717, 1.165) is 16.7 Å². The Balaban J connectivity index is 1.66. The Labute approximate surface area is 238 Å². The number of nitrogens with one attached hydrogen (secondary N) is 1. The Kier molecular flexibility index (Phi) is 7.87. The highest BCUT2D eigenvalue weighted by molar-refractivity contribution is 6.48. The van der Waals surface area contributed by atoms with Crippen molar-refractivity contribution in [3.05, 3.63) is 137 Å². The lowest BCUT2D eigenvalue weighted by Gasteiger charge is -2.11. The molecule has 0 unspecified atom stereocenters. The van der Waals surface area contributed by atoms with Gasteiger partial charge in [0.15, 0.2) is 0 Å². The van der Waals surface area contributed by atoms with Crippen molar-refractivity contribution in [2.24, 2.45) is 0 Å². The van der Waals surface area contributed by atoms with E-state index in [0.29, 0.717) is 34.8 Å². The molecule has 0 aliphatic heterocycles. The summed E-state index contributed by atoms with van der Waals surface area (Å²) in [5.74, 6) is -1.55. The number of amides is 1. The second-order valence-electron chi connectivity index (χ2n) is 9.79. The average Bonchev–Trinajstić information content (AvgIpc) is 3.36. The first-order chi connectivity index (χ1) is 19.8. The number of carbonyl (C=O) groups is 3. The topological polar surface area (TPSA) is 90.3 Å². The van der Waals surface area contributed by atoms with Gasteiger partial charge in [0.2, 0.25) is 5.78 Å².